The van der Waals surface area contributed by atoms with Crippen LogP contribution in [-0.2, 0) is 4.79 Å². The SMILES string of the molecule is CNC(=O)C(C)NC(C)c1ccc(O)cc1. The summed E-state index contributed by atoms with van der Waals surface area (Å²) in [6.07, 6.45) is 0. The summed E-state index contributed by atoms with van der Waals surface area (Å²) in [5.74, 6) is 0.209. The van der Waals surface area contributed by atoms with Gasteiger partial charge in [0.1, 0.15) is 5.75 Å². The van der Waals surface area contributed by atoms with E-state index in [1.165, 1.54) is 0 Å². The number of amides is 1. The van der Waals surface area contributed by atoms with Crippen LogP contribution in [0.5, 0.6) is 5.75 Å². The first-order valence-electron chi connectivity index (χ1n) is 5.31. The van der Waals surface area contributed by atoms with Crippen molar-refractivity contribution in [3.05, 3.63) is 29.8 Å². The Balaban J connectivity index is 2.61. The molecule has 1 rings (SSSR count). The molecule has 1 aromatic rings. The lowest BCUT2D eigenvalue weighted by Crippen LogP contribution is -2.41. The van der Waals surface area contributed by atoms with Gasteiger partial charge in [0.05, 0.1) is 6.04 Å². The zero-order valence-electron chi connectivity index (χ0n) is 9.82. The minimum atomic E-state index is -0.242. The number of carbonyl (C=O) groups excluding carboxylic acids is 1. The molecule has 2 unspecified atom stereocenters. The standard InChI is InChI=1S/C12H18N2O2/c1-8(14-9(2)12(16)13-3)10-4-6-11(15)7-5-10/h4-9,14-15H,1-3H3,(H,13,16). The summed E-state index contributed by atoms with van der Waals surface area (Å²) in [5.41, 5.74) is 1.04. The van der Waals surface area contributed by atoms with Gasteiger partial charge >= 0.3 is 0 Å². The van der Waals surface area contributed by atoms with Crippen LogP contribution in [0.2, 0.25) is 0 Å². The molecule has 3 N–H and O–H groups in total. The number of aromatic hydroxyl groups is 1. The molecule has 0 aliphatic rings. The lowest BCUT2D eigenvalue weighted by molar-refractivity contribution is -0.122. The number of phenolic OH excluding ortho intramolecular Hbond substituents is 1. The topological polar surface area (TPSA) is 61.4 Å². The van der Waals surface area contributed by atoms with E-state index in [9.17, 15) is 4.79 Å². The monoisotopic (exact) mass is 222 g/mol. The van der Waals surface area contributed by atoms with E-state index in [0.717, 1.165) is 5.56 Å². The van der Waals surface area contributed by atoms with Crippen LogP contribution in [0, 0.1) is 0 Å². The molecular formula is C12H18N2O2. The Bertz CT molecular complexity index is 349. The summed E-state index contributed by atoms with van der Waals surface area (Å²) in [4.78, 5) is 11.3. The minimum Gasteiger partial charge on any atom is -0.508 e. The van der Waals surface area contributed by atoms with Crippen molar-refractivity contribution in [2.45, 2.75) is 25.9 Å². The highest BCUT2D eigenvalue weighted by Crippen LogP contribution is 2.16. The summed E-state index contributed by atoms with van der Waals surface area (Å²) in [5, 5.41) is 14.9. The van der Waals surface area contributed by atoms with E-state index in [2.05, 4.69) is 10.6 Å². The molecule has 0 spiro atoms. The Labute approximate surface area is 95.7 Å². The largest absolute Gasteiger partial charge is 0.508 e. The van der Waals surface area contributed by atoms with Gasteiger partial charge < -0.3 is 10.4 Å². The van der Waals surface area contributed by atoms with E-state index >= 15 is 0 Å². The number of carbonyl (C=O) groups is 1. The third kappa shape index (κ3) is 3.24. The number of nitrogens with one attached hydrogen (secondary N) is 2. The Kier molecular flexibility index (Phi) is 4.31. The number of hydrogen-bond donors (Lipinski definition) is 3. The first kappa shape index (κ1) is 12.5. The second-order valence-electron chi connectivity index (χ2n) is 3.82. The third-order valence-electron chi connectivity index (χ3n) is 2.53. The predicted octanol–water partition coefficient (Wildman–Crippen LogP) is 1.18. The molecule has 2 atom stereocenters. The van der Waals surface area contributed by atoms with Gasteiger partial charge in [-0.1, -0.05) is 12.1 Å². The van der Waals surface area contributed by atoms with Crippen LogP contribution < -0.4 is 10.6 Å². The van der Waals surface area contributed by atoms with Crippen LogP contribution in [0.3, 0.4) is 0 Å². The van der Waals surface area contributed by atoms with Crippen LogP contribution in [0.25, 0.3) is 0 Å². The van der Waals surface area contributed by atoms with Gasteiger partial charge in [-0.3, -0.25) is 10.1 Å². The van der Waals surface area contributed by atoms with Crippen molar-refractivity contribution in [2.75, 3.05) is 7.05 Å². The maximum Gasteiger partial charge on any atom is 0.236 e. The highest BCUT2D eigenvalue weighted by Gasteiger charge is 2.14. The summed E-state index contributed by atoms with van der Waals surface area (Å²) < 4.78 is 0. The zero-order chi connectivity index (χ0) is 12.1. The fourth-order valence-corrected chi connectivity index (χ4v) is 1.53. The molecule has 0 aliphatic heterocycles. The highest BCUT2D eigenvalue weighted by molar-refractivity contribution is 5.80. The molecule has 1 amide bonds. The van der Waals surface area contributed by atoms with E-state index in [-0.39, 0.29) is 23.7 Å². The molecule has 0 radical (unpaired) electrons. The molecule has 1 aromatic carbocycles. The molecule has 4 heteroatoms. The summed E-state index contributed by atoms with van der Waals surface area (Å²) in [7, 11) is 1.62. The quantitative estimate of drug-likeness (QED) is 0.717. The fraction of sp³-hybridized carbons (Fsp3) is 0.417. The van der Waals surface area contributed by atoms with Gasteiger partial charge in [0, 0.05) is 13.1 Å². The van der Waals surface area contributed by atoms with Crippen LogP contribution in [0.15, 0.2) is 24.3 Å². The molecular weight excluding hydrogens is 204 g/mol. The fourth-order valence-electron chi connectivity index (χ4n) is 1.53. The number of likely N-dealkylation sites (N-methyl/N-ethyl adjacent to an activating group) is 1. The average molecular weight is 222 g/mol. The van der Waals surface area contributed by atoms with E-state index in [1.807, 2.05) is 26.0 Å². The van der Waals surface area contributed by atoms with Gasteiger partial charge in [-0.05, 0) is 31.5 Å². The van der Waals surface area contributed by atoms with Crippen molar-refractivity contribution in [1.82, 2.24) is 10.6 Å². The maximum absolute atomic E-state index is 11.3. The van der Waals surface area contributed by atoms with Crippen molar-refractivity contribution in [3.63, 3.8) is 0 Å². The van der Waals surface area contributed by atoms with Gasteiger partial charge in [0.2, 0.25) is 5.91 Å². The van der Waals surface area contributed by atoms with E-state index in [4.69, 9.17) is 5.11 Å². The summed E-state index contributed by atoms with van der Waals surface area (Å²) in [6.45, 7) is 3.79. The summed E-state index contributed by atoms with van der Waals surface area (Å²) in [6, 6.07) is 6.77. The first-order chi connectivity index (χ1) is 7.54. The van der Waals surface area contributed by atoms with E-state index in [0.29, 0.717) is 0 Å². The van der Waals surface area contributed by atoms with E-state index < -0.39 is 0 Å². The van der Waals surface area contributed by atoms with Crippen LogP contribution in [-0.4, -0.2) is 24.1 Å². The average Bonchev–Trinajstić information content (AvgIpc) is 2.28. The Morgan fingerprint density at radius 2 is 1.81 bits per heavy atom. The molecule has 0 heterocycles. The molecule has 0 fully saturated rings. The Hall–Kier alpha value is -1.55. The highest BCUT2D eigenvalue weighted by atomic mass is 16.3. The molecule has 88 valence electrons. The van der Waals surface area contributed by atoms with Crippen LogP contribution in [0.4, 0.5) is 0 Å². The van der Waals surface area contributed by atoms with Crippen LogP contribution >= 0.6 is 0 Å². The first-order valence-corrected chi connectivity index (χ1v) is 5.31. The molecule has 0 saturated carbocycles. The smallest absolute Gasteiger partial charge is 0.236 e. The predicted molar refractivity (Wildman–Crippen MR) is 63.2 cm³/mol. The minimum absolute atomic E-state index is 0.0365. The number of phenols is 1. The van der Waals surface area contributed by atoms with Gasteiger partial charge in [-0.25, -0.2) is 0 Å². The van der Waals surface area contributed by atoms with Crippen molar-refractivity contribution in [3.8, 4) is 5.75 Å². The number of rotatable bonds is 4. The lowest BCUT2D eigenvalue weighted by atomic mass is 10.1. The Morgan fingerprint density at radius 1 is 1.25 bits per heavy atom. The zero-order valence-corrected chi connectivity index (χ0v) is 9.82. The van der Waals surface area contributed by atoms with E-state index in [1.54, 1.807) is 19.2 Å². The van der Waals surface area contributed by atoms with Gasteiger partial charge in [-0.2, -0.15) is 0 Å². The Morgan fingerprint density at radius 3 is 2.31 bits per heavy atom. The molecule has 0 saturated heterocycles. The molecule has 0 aromatic heterocycles. The molecule has 16 heavy (non-hydrogen) atoms. The number of benzene rings is 1. The second-order valence-corrected chi connectivity index (χ2v) is 3.82. The molecule has 4 nitrogen and oxygen atoms in total. The number of hydrogen-bond acceptors (Lipinski definition) is 3. The lowest BCUT2D eigenvalue weighted by Gasteiger charge is -2.19. The van der Waals surface area contributed by atoms with Crippen molar-refractivity contribution in [2.24, 2.45) is 0 Å². The maximum atomic E-state index is 11.3. The molecule has 0 aliphatic carbocycles. The van der Waals surface area contributed by atoms with Gasteiger partial charge in [-0.15, -0.1) is 0 Å². The normalized spacial score (nSPS) is 14.2. The van der Waals surface area contributed by atoms with Gasteiger partial charge in [0.15, 0.2) is 0 Å². The summed E-state index contributed by atoms with van der Waals surface area (Å²) >= 11 is 0. The molecule has 0 bridgehead atoms. The second kappa shape index (κ2) is 5.51. The van der Waals surface area contributed by atoms with Gasteiger partial charge in [0.25, 0.3) is 0 Å². The van der Waals surface area contributed by atoms with Crippen molar-refractivity contribution >= 4 is 5.91 Å². The third-order valence-corrected chi connectivity index (χ3v) is 2.53. The van der Waals surface area contributed by atoms with Crippen molar-refractivity contribution in [1.29, 1.82) is 0 Å². The van der Waals surface area contributed by atoms with Crippen molar-refractivity contribution < 1.29 is 9.90 Å². The van der Waals surface area contributed by atoms with Crippen LogP contribution in [0.1, 0.15) is 25.5 Å².